The number of ether oxygens (including phenoxy) is 2. The van der Waals surface area contributed by atoms with E-state index in [9.17, 15) is 9.59 Å². The van der Waals surface area contributed by atoms with Crippen LogP contribution >= 0.6 is 0 Å². The summed E-state index contributed by atoms with van der Waals surface area (Å²) in [5.74, 6) is -0.253. The number of esters is 1. The standard InChI is InChI=1S/C20H20N2O4/c1-13(19(23)21-12-15-8-4-6-10-18(15)25-2)26-20(24)17-11-14-7-3-5-9-16(14)22-17/h3-11,13,22H,12H2,1-2H3,(H,21,23). The molecule has 2 N–H and O–H groups in total. The number of benzene rings is 2. The van der Waals surface area contributed by atoms with Crippen LogP contribution in [0.2, 0.25) is 0 Å². The third-order valence-electron chi connectivity index (χ3n) is 4.05. The van der Waals surface area contributed by atoms with Crippen LogP contribution in [0.15, 0.2) is 54.6 Å². The summed E-state index contributed by atoms with van der Waals surface area (Å²) in [7, 11) is 1.57. The molecule has 0 spiro atoms. The van der Waals surface area contributed by atoms with Crippen molar-refractivity contribution in [2.45, 2.75) is 19.6 Å². The predicted molar refractivity (Wildman–Crippen MR) is 98.0 cm³/mol. The fourth-order valence-corrected chi connectivity index (χ4v) is 2.64. The monoisotopic (exact) mass is 352 g/mol. The van der Waals surface area contributed by atoms with E-state index in [2.05, 4.69) is 10.3 Å². The van der Waals surface area contributed by atoms with E-state index < -0.39 is 12.1 Å². The summed E-state index contributed by atoms with van der Waals surface area (Å²) in [5.41, 5.74) is 2.00. The van der Waals surface area contributed by atoms with Gasteiger partial charge in [0.2, 0.25) is 0 Å². The highest BCUT2D eigenvalue weighted by Gasteiger charge is 2.20. The molecule has 0 aliphatic carbocycles. The zero-order valence-electron chi connectivity index (χ0n) is 14.6. The number of H-pyrrole nitrogens is 1. The number of rotatable bonds is 6. The molecule has 134 valence electrons. The molecule has 6 nitrogen and oxygen atoms in total. The minimum Gasteiger partial charge on any atom is -0.496 e. The largest absolute Gasteiger partial charge is 0.496 e. The van der Waals surface area contributed by atoms with Crippen molar-refractivity contribution in [3.8, 4) is 5.75 Å². The Bertz CT molecular complexity index is 899. The second-order valence-electron chi connectivity index (χ2n) is 5.85. The molecule has 1 amide bonds. The minimum atomic E-state index is -0.913. The van der Waals surface area contributed by atoms with Gasteiger partial charge in [-0.1, -0.05) is 36.4 Å². The maximum Gasteiger partial charge on any atom is 0.355 e. The first-order chi connectivity index (χ1) is 12.6. The third-order valence-corrected chi connectivity index (χ3v) is 4.05. The zero-order valence-corrected chi connectivity index (χ0v) is 14.6. The number of aromatic amines is 1. The predicted octanol–water partition coefficient (Wildman–Crippen LogP) is 3.04. The second-order valence-corrected chi connectivity index (χ2v) is 5.85. The van der Waals surface area contributed by atoms with Crippen LogP contribution in [0.25, 0.3) is 10.9 Å². The number of methoxy groups -OCH3 is 1. The molecule has 6 heteroatoms. The minimum absolute atomic E-state index is 0.289. The summed E-state index contributed by atoms with van der Waals surface area (Å²) in [6, 6.07) is 16.6. The van der Waals surface area contributed by atoms with Crippen molar-refractivity contribution >= 4 is 22.8 Å². The van der Waals surface area contributed by atoms with Gasteiger partial charge in [0.15, 0.2) is 6.10 Å². The van der Waals surface area contributed by atoms with Crippen LogP contribution in [0.1, 0.15) is 23.0 Å². The number of aromatic nitrogens is 1. The number of para-hydroxylation sites is 2. The summed E-state index contributed by atoms with van der Waals surface area (Å²) in [6.07, 6.45) is -0.913. The van der Waals surface area contributed by atoms with E-state index in [1.807, 2.05) is 48.5 Å². The lowest BCUT2D eigenvalue weighted by Crippen LogP contribution is -2.35. The number of carbonyl (C=O) groups excluding carboxylic acids is 2. The number of hydrogen-bond acceptors (Lipinski definition) is 4. The van der Waals surface area contributed by atoms with Crippen molar-refractivity contribution in [3.05, 3.63) is 65.9 Å². The maximum atomic E-state index is 12.3. The van der Waals surface area contributed by atoms with Gasteiger partial charge in [-0.15, -0.1) is 0 Å². The molecule has 0 saturated heterocycles. The van der Waals surface area contributed by atoms with Crippen LogP contribution in [-0.2, 0) is 16.1 Å². The third kappa shape index (κ3) is 3.85. The highest BCUT2D eigenvalue weighted by atomic mass is 16.5. The van der Waals surface area contributed by atoms with E-state index in [4.69, 9.17) is 9.47 Å². The van der Waals surface area contributed by atoms with E-state index in [-0.39, 0.29) is 12.5 Å². The highest BCUT2D eigenvalue weighted by molar-refractivity contribution is 5.96. The molecule has 1 heterocycles. The van der Waals surface area contributed by atoms with Crippen molar-refractivity contribution in [3.63, 3.8) is 0 Å². The number of fused-ring (bicyclic) bond motifs is 1. The Morgan fingerprint density at radius 2 is 1.85 bits per heavy atom. The molecule has 1 unspecified atom stereocenters. The molecule has 2 aromatic carbocycles. The van der Waals surface area contributed by atoms with Crippen molar-refractivity contribution in [2.24, 2.45) is 0 Å². The lowest BCUT2D eigenvalue weighted by Gasteiger charge is -2.14. The first kappa shape index (κ1) is 17.5. The van der Waals surface area contributed by atoms with Crippen LogP contribution in [0.3, 0.4) is 0 Å². The smallest absolute Gasteiger partial charge is 0.355 e. The van der Waals surface area contributed by atoms with Crippen LogP contribution < -0.4 is 10.1 Å². The van der Waals surface area contributed by atoms with Crippen LogP contribution in [-0.4, -0.2) is 30.1 Å². The lowest BCUT2D eigenvalue weighted by molar-refractivity contribution is -0.129. The number of hydrogen-bond donors (Lipinski definition) is 2. The molecule has 1 atom stereocenters. The summed E-state index contributed by atoms with van der Waals surface area (Å²) in [5, 5.41) is 3.66. The van der Waals surface area contributed by atoms with Crippen LogP contribution in [0.4, 0.5) is 0 Å². The molecule has 0 aliphatic rings. The average Bonchev–Trinajstić information content (AvgIpc) is 3.10. The van der Waals surface area contributed by atoms with Gasteiger partial charge < -0.3 is 19.8 Å². The average molecular weight is 352 g/mol. The highest BCUT2D eigenvalue weighted by Crippen LogP contribution is 2.17. The first-order valence-electron chi connectivity index (χ1n) is 8.27. The summed E-state index contributed by atoms with van der Waals surface area (Å²) in [6.45, 7) is 1.83. The SMILES string of the molecule is COc1ccccc1CNC(=O)C(C)OC(=O)c1cc2ccccc2[nH]1. The molecule has 26 heavy (non-hydrogen) atoms. The molecule has 0 saturated carbocycles. The number of nitrogens with one attached hydrogen (secondary N) is 2. The summed E-state index contributed by atoms with van der Waals surface area (Å²) < 4.78 is 10.5. The Kier molecular flexibility index (Phi) is 5.22. The Labute approximate surface area is 151 Å². The normalized spacial score (nSPS) is 11.8. The van der Waals surface area contributed by atoms with Crippen molar-refractivity contribution < 1.29 is 19.1 Å². The molecule has 0 radical (unpaired) electrons. The van der Waals surface area contributed by atoms with E-state index in [1.54, 1.807) is 13.2 Å². The number of amides is 1. The van der Waals surface area contributed by atoms with Gasteiger partial charge in [-0.05, 0) is 25.1 Å². The molecule has 0 bridgehead atoms. The van der Waals surface area contributed by atoms with Crippen molar-refractivity contribution in [2.75, 3.05) is 7.11 Å². The summed E-state index contributed by atoms with van der Waals surface area (Å²) >= 11 is 0. The van der Waals surface area contributed by atoms with E-state index in [0.717, 1.165) is 16.5 Å². The van der Waals surface area contributed by atoms with Gasteiger partial charge in [0.05, 0.1) is 7.11 Å². The van der Waals surface area contributed by atoms with Crippen LogP contribution in [0.5, 0.6) is 5.75 Å². The first-order valence-corrected chi connectivity index (χ1v) is 8.27. The zero-order chi connectivity index (χ0) is 18.5. The van der Waals surface area contributed by atoms with Gasteiger partial charge in [-0.3, -0.25) is 4.79 Å². The van der Waals surface area contributed by atoms with Crippen molar-refractivity contribution in [1.82, 2.24) is 10.3 Å². The Balaban J connectivity index is 1.59. The topological polar surface area (TPSA) is 80.4 Å². The molecule has 3 rings (SSSR count). The Hall–Kier alpha value is -3.28. The van der Waals surface area contributed by atoms with E-state index in [1.165, 1.54) is 6.92 Å². The van der Waals surface area contributed by atoms with Gasteiger partial charge in [0.25, 0.3) is 5.91 Å². The van der Waals surface area contributed by atoms with Gasteiger partial charge >= 0.3 is 5.97 Å². The fraction of sp³-hybridized carbons (Fsp3) is 0.200. The molecule has 3 aromatic rings. The molecule has 1 aromatic heterocycles. The lowest BCUT2D eigenvalue weighted by atomic mass is 10.2. The molecule has 0 fully saturated rings. The van der Waals surface area contributed by atoms with Gasteiger partial charge in [0, 0.05) is 23.0 Å². The molecular weight excluding hydrogens is 332 g/mol. The Morgan fingerprint density at radius 1 is 1.12 bits per heavy atom. The van der Waals surface area contributed by atoms with E-state index in [0.29, 0.717) is 11.4 Å². The maximum absolute atomic E-state index is 12.3. The van der Waals surface area contributed by atoms with Gasteiger partial charge in [-0.2, -0.15) is 0 Å². The molecular formula is C20H20N2O4. The quantitative estimate of drug-likeness (QED) is 0.668. The van der Waals surface area contributed by atoms with Crippen LogP contribution in [0, 0.1) is 0 Å². The van der Waals surface area contributed by atoms with Gasteiger partial charge in [-0.25, -0.2) is 4.79 Å². The number of carbonyl (C=O) groups is 2. The Morgan fingerprint density at radius 3 is 2.62 bits per heavy atom. The van der Waals surface area contributed by atoms with Gasteiger partial charge in [0.1, 0.15) is 11.4 Å². The molecule has 0 aliphatic heterocycles. The second kappa shape index (κ2) is 7.74. The van der Waals surface area contributed by atoms with Crippen molar-refractivity contribution in [1.29, 1.82) is 0 Å². The summed E-state index contributed by atoms with van der Waals surface area (Å²) in [4.78, 5) is 27.5. The van der Waals surface area contributed by atoms with E-state index >= 15 is 0 Å². The fourth-order valence-electron chi connectivity index (χ4n) is 2.64.